The van der Waals surface area contributed by atoms with E-state index in [1.807, 2.05) is 12.1 Å². The molecule has 41 heavy (non-hydrogen) atoms. The van der Waals surface area contributed by atoms with Gasteiger partial charge in [-0.05, 0) is 60.5 Å². The van der Waals surface area contributed by atoms with Crippen molar-refractivity contribution in [1.82, 2.24) is 14.7 Å². The molecule has 4 atom stereocenters. The molecule has 3 amide bonds. The van der Waals surface area contributed by atoms with Gasteiger partial charge in [0.15, 0.2) is 0 Å². The number of rotatable bonds is 5. The van der Waals surface area contributed by atoms with Gasteiger partial charge in [0.05, 0.1) is 16.1 Å². The Hall–Kier alpha value is -3.10. The van der Waals surface area contributed by atoms with Crippen LogP contribution < -0.4 is 0 Å². The van der Waals surface area contributed by atoms with E-state index in [0.717, 1.165) is 5.56 Å². The molecule has 0 unspecified atom stereocenters. The maximum Gasteiger partial charge on any atom is 0.254 e. The van der Waals surface area contributed by atoms with Gasteiger partial charge in [-0.25, -0.2) is 0 Å². The number of aliphatic hydroxyl groups is 1. The monoisotopic (exact) mass is 613 g/mol. The molecule has 1 N–H and O–H groups in total. The van der Waals surface area contributed by atoms with Crippen LogP contribution in [0.1, 0.15) is 45.0 Å². The number of likely N-dealkylation sites (tertiary alicyclic amines) is 2. The molecule has 3 aromatic carbocycles. The van der Waals surface area contributed by atoms with Crippen LogP contribution in [0.2, 0.25) is 15.1 Å². The van der Waals surface area contributed by atoms with Gasteiger partial charge < -0.3 is 19.8 Å². The van der Waals surface area contributed by atoms with E-state index in [-0.39, 0.29) is 42.6 Å². The second-order valence-electron chi connectivity index (χ2n) is 10.6. The number of carbonyl (C=O) groups excluding carboxylic acids is 3. The van der Waals surface area contributed by atoms with Crippen LogP contribution in [0.5, 0.6) is 0 Å². The fourth-order valence-corrected chi connectivity index (χ4v) is 6.28. The fraction of sp³-hybridized carbons (Fsp3) is 0.323. The Morgan fingerprint density at radius 1 is 0.878 bits per heavy atom. The van der Waals surface area contributed by atoms with E-state index in [1.165, 1.54) is 4.90 Å². The third-order valence-corrected chi connectivity index (χ3v) is 9.01. The molecule has 2 fully saturated rings. The maximum atomic E-state index is 13.9. The summed E-state index contributed by atoms with van der Waals surface area (Å²) in [6.45, 7) is 0.786. The summed E-state index contributed by atoms with van der Waals surface area (Å²) in [5.41, 5.74) is 1.83. The van der Waals surface area contributed by atoms with Crippen LogP contribution in [-0.2, 0) is 4.79 Å². The highest BCUT2D eigenvalue weighted by Gasteiger charge is 2.44. The summed E-state index contributed by atoms with van der Waals surface area (Å²) in [4.78, 5) is 45.6. The van der Waals surface area contributed by atoms with Gasteiger partial charge in [-0.2, -0.15) is 0 Å². The Morgan fingerprint density at radius 2 is 1.59 bits per heavy atom. The van der Waals surface area contributed by atoms with Gasteiger partial charge in [0.2, 0.25) is 5.91 Å². The SMILES string of the molecule is CN(C(=O)c1ccc(Cl)cc1)[C@@H]1CCN(C(=O)[C@H]2C[C@@H](O)CN2C(=O)c2ccccc2)C[C@H]1c1ccc(Cl)c(Cl)c1. The number of aliphatic hydroxyl groups excluding tert-OH is 1. The topological polar surface area (TPSA) is 81.2 Å². The summed E-state index contributed by atoms with van der Waals surface area (Å²) in [5, 5.41) is 11.8. The molecule has 2 heterocycles. The molecule has 10 heteroatoms. The van der Waals surface area contributed by atoms with E-state index >= 15 is 0 Å². The summed E-state index contributed by atoms with van der Waals surface area (Å²) in [7, 11) is 1.76. The fourth-order valence-electron chi connectivity index (χ4n) is 5.85. The smallest absolute Gasteiger partial charge is 0.254 e. The van der Waals surface area contributed by atoms with Crippen LogP contribution in [0.25, 0.3) is 0 Å². The van der Waals surface area contributed by atoms with Crippen LogP contribution in [-0.4, -0.2) is 82.4 Å². The average molecular weight is 615 g/mol. The molecule has 0 aromatic heterocycles. The zero-order valence-electron chi connectivity index (χ0n) is 22.4. The largest absolute Gasteiger partial charge is 0.391 e. The number of benzene rings is 3. The Bertz CT molecular complexity index is 1440. The van der Waals surface area contributed by atoms with Crippen molar-refractivity contribution in [3.63, 3.8) is 0 Å². The van der Waals surface area contributed by atoms with E-state index in [4.69, 9.17) is 34.8 Å². The standard InChI is InChI=1S/C31H30Cl3N3O4/c1-35(29(39)20-7-10-22(32)11-8-20)27-13-14-36(18-24(27)21-9-12-25(33)26(34)15-21)31(41)28-16-23(38)17-37(28)30(40)19-5-3-2-4-6-19/h2-12,15,23-24,27-28,38H,13-14,16-18H2,1H3/t23-,24+,27-,28-/m1/s1. The molecule has 0 saturated carbocycles. The zero-order valence-corrected chi connectivity index (χ0v) is 24.7. The number of carbonyl (C=O) groups is 3. The predicted molar refractivity (Wildman–Crippen MR) is 160 cm³/mol. The minimum Gasteiger partial charge on any atom is -0.391 e. The zero-order chi connectivity index (χ0) is 29.3. The number of hydrogen-bond acceptors (Lipinski definition) is 4. The number of likely N-dealkylation sites (N-methyl/N-ethyl adjacent to an activating group) is 1. The first-order valence-corrected chi connectivity index (χ1v) is 14.6. The molecule has 3 aromatic rings. The van der Waals surface area contributed by atoms with Crippen molar-refractivity contribution >= 4 is 52.5 Å². The summed E-state index contributed by atoms with van der Waals surface area (Å²) in [6, 6.07) is 19.8. The first kappa shape index (κ1) is 29.4. The molecule has 7 nitrogen and oxygen atoms in total. The minimum absolute atomic E-state index is 0.0924. The number of amides is 3. The highest BCUT2D eigenvalue weighted by atomic mass is 35.5. The van der Waals surface area contributed by atoms with Crippen molar-refractivity contribution in [3.05, 3.63) is 105 Å². The third-order valence-electron chi connectivity index (χ3n) is 8.01. The molecule has 0 spiro atoms. The summed E-state index contributed by atoms with van der Waals surface area (Å²) >= 11 is 18.6. The molecular weight excluding hydrogens is 585 g/mol. The van der Waals surface area contributed by atoms with Gasteiger partial charge in [-0.3, -0.25) is 14.4 Å². The minimum atomic E-state index is -0.789. The van der Waals surface area contributed by atoms with E-state index < -0.39 is 12.1 Å². The van der Waals surface area contributed by atoms with Gasteiger partial charge in [-0.1, -0.05) is 59.1 Å². The van der Waals surface area contributed by atoms with E-state index in [1.54, 1.807) is 77.5 Å². The second-order valence-corrected chi connectivity index (χ2v) is 11.8. The molecule has 214 valence electrons. The Kier molecular flexibility index (Phi) is 8.90. The van der Waals surface area contributed by atoms with Gasteiger partial charge >= 0.3 is 0 Å². The van der Waals surface area contributed by atoms with E-state index in [2.05, 4.69) is 0 Å². The molecule has 5 rings (SSSR count). The van der Waals surface area contributed by atoms with Crippen molar-refractivity contribution in [1.29, 1.82) is 0 Å². The van der Waals surface area contributed by atoms with Crippen molar-refractivity contribution in [2.75, 3.05) is 26.7 Å². The van der Waals surface area contributed by atoms with Crippen LogP contribution >= 0.6 is 34.8 Å². The average Bonchev–Trinajstić information content (AvgIpc) is 3.39. The number of nitrogens with zero attached hydrogens (tertiary/aromatic N) is 3. The van der Waals surface area contributed by atoms with Crippen LogP contribution in [0, 0.1) is 0 Å². The van der Waals surface area contributed by atoms with Crippen molar-refractivity contribution in [3.8, 4) is 0 Å². The highest BCUT2D eigenvalue weighted by Crippen LogP contribution is 2.35. The lowest BCUT2D eigenvalue weighted by molar-refractivity contribution is -0.137. The quantitative estimate of drug-likeness (QED) is 0.419. The lowest BCUT2D eigenvalue weighted by atomic mass is 9.84. The van der Waals surface area contributed by atoms with Crippen LogP contribution in [0.15, 0.2) is 72.8 Å². The predicted octanol–water partition coefficient (Wildman–Crippen LogP) is 5.38. The first-order valence-electron chi connectivity index (χ1n) is 13.4. The van der Waals surface area contributed by atoms with Crippen molar-refractivity contribution in [2.45, 2.75) is 36.9 Å². The summed E-state index contributed by atoms with van der Waals surface area (Å²) < 4.78 is 0. The first-order chi connectivity index (χ1) is 19.6. The van der Waals surface area contributed by atoms with Gasteiger partial charge in [0.1, 0.15) is 6.04 Å². The number of β-amino-alcohol motifs (C(OH)–C–C–N with tert-alkyl or cyclic N) is 1. The molecule has 2 aliphatic rings. The van der Waals surface area contributed by atoms with E-state index in [9.17, 15) is 19.5 Å². The van der Waals surface area contributed by atoms with Gasteiger partial charge in [0.25, 0.3) is 11.8 Å². The summed E-state index contributed by atoms with van der Waals surface area (Å²) in [6.07, 6.45) is -0.110. The highest BCUT2D eigenvalue weighted by molar-refractivity contribution is 6.42. The molecule has 2 aliphatic heterocycles. The summed E-state index contributed by atoms with van der Waals surface area (Å²) in [5.74, 6) is -0.936. The Morgan fingerprint density at radius 3 is 2.27 bits per heavy atom. The van der Waals surface area contributed by atoms with Gasteiger partial charge in [-0.15, -0.1) is 0 Å². The molecular formula is C31H30Cl3N3O4. The van der Waals surface area contributed by atoms with Gasteiger partial charge in [0, 0.05) is 61.2 Å². The van der Waals surface area contributed by atoms with Crippen molar-refractivity contribution in [2.24, 2.45) is 0 Å². The lowest BCUT2D eigenvalue weighted by Gasteiger charge is -2.44. The Balaban J connectivity index is 1.41. The molecule has 0 radical (unpaired) electrons. The normalized spacial score (nSPS) is 22.5. The number of halogens is 3. The molecule has 0 bridgehead atoms. The van der Waals surface area contributed by atoms with Crippen LogP contribution in [0.4, 0.5) is 0 Å². The Labute approximate surface area is 254 Å². The molecule has 0 aliphatic carbocycles. The van der Waals surface area contributed by atoms with E-state index in [0.29, 0.717) is 45.7 Å². The molecule has 2 saturated heterocycles. The third kappa shape index (κ3) is 6.24. The number of hydrogen-bond donors (Lipinski definition) is 1. The lowest BCUT2D eigenvalue weighted by Crippen LogP contribution is -2.55. The van der Waals surface area contributed by atoms with Crippen molar-refractivity contribution < 1.29 is 19.5 Å². The number of piperidine rings is 1. The second kappa shape index (κ2) is 12.4. The maximum absolute atomic E-state index is 13.9. The van der Waals surface area contributed by atoms with Crippen LogP contribution in [0.3, 0.4) is 0 Å².